The Kier molecular flexibility index (Phi) is 4.14. The van der Waals surface area contributed by atoms with Gasteiger partial charge in [0, 0.05) is 17.7 Å². The van der Waals surface area contributed by atoms with Gasteiger partial charge < -0.3 is 15.7 Å². The van der Waals surface area contributed by atoms with Crippen molar-refractivity contribution in [1.29, 1.82) is 0 Å². The summed E-state index contributed by atoms with van der Waals surface area (Å²) >= 11 is 6.05. The van der Waals surface area contributed by atoms with Gasteiger partial charge in [0.25, 0.3) is 0 Å². The Hall–Kier alpha value is -2.21. The summed E-state index contributed by atoms with van der Waals surface area (Å²) in [6.45, 7) is 4.05. The van der Waals surface area contributed by atoms with Gasteiger partial charge in [-0.2, -0.15) is 5.10 Å². The Bertz CT molecular complexity index is 637. The highest BCUT2D eigenvalue weighted by Gasteiger charge is 2.09. The summed E-state index contributed by atoms with van der Waals surface area (Å²) in [6.07, 6.45) is 3.43. The van der Waals surface area contributed by atoms with E-state index in [2.05, 4.69) is 10.3 Å². The summed E-state index contributed by atoms with van der Waals surface area (Å²) in [5.74, 6) is 1.12. The standard InChI is InChI=1S/C13H15ClN4O2/c1-8(2)18-7-10(6-16-18)20-9-3-4-11(12(14)5-9)13(15)17-19/h3-8,19H,1-2H3,(H2,15,17). The zero-order valence-corrected chi connectivity index (χ0v) is 11.9. The second kappa shape index (κ2) is 5.83. The van der Waals surface area contributed by atoms with Crippen LogP contribution < -0.4 is 10.5 Å². The molecule has 0 spiro atoms. The van der Waals surface area contributed by atoms with Crippen LogP contribution in [0.4, 0.5) is 0 Å². The molecule has 1 aromatic heterocycles. The van der Waals surface area contributed by atoms with Crippen molar-refractivity contribution >= 4 is 17.4 Å². The third kappa shape index (κ3) is 3.03. The number of amidine groups is 1. The van der Waals surface area contributed by atoms with Crippen molar-refractivity contribution in [3.05, 3.63) is 41.2 Å². The van der Waals surface area contributed by atoms with Gasteiger partial charge in [-0.15, -0.1) is 0 Å². The fourth-order valence-electron chi connectivity index (χ4n) is 1.61. The molecule has 106 valence electrons. The number of ether oxygens (including phenoxy) is 1. The molecule has 0 saturated heterocycles. The summed E-state index contributed by atoms with van der Waals surface area (Å²) in [6, 6.07) is 5.17. The lowest BCUT2D eigenvalue weighted by Gasteiger charge is -2.07. The van der Waals surface area contributed by atoms with Crippen LogP contribution in [0.3, 0.4) is 0 Å². The van der Waals surface area contributed by atoms with Gasteiger partial charge in [-0.3, -0.25) is 4.68 Å². The highest BCUT2D eigenvalue weighted by atomic mass is 35.5. The van der Waals surface area contributed by atoms with Gasteiger partial charge in [0.05, 0.1) is 17.4 Å². The minimum atomic E-state index is -0.0471. The Morgan fingerprint density at radius 1 is 1.45 bits per heavy atom. The Balaban J connectivity index is 2.19. The van der Waals surface area contributed by atoms with Gasteiger partial charge in [0.2, 0.25) is 0 Å². The molecule has 0 bridgehead atoms. The quantitative estimate of drug-likeness (QED) is 0.393. The third-order valence-electron chi connectivity index (χ3n) is 2.67. The van der Waals surface area contributed by atoms with E-state index in [0.717, 1.165) is 0 Å². The Morgan fingerprint density at radius 3 is 2.75 bits per heavy atom. The van der Waals surface area contributed by atoms with Crippen LogP contribution in [0.1, 0.15) is 25.5 Å². The zero-order chi connectivity index (χ0) is 14.7. The van der Waals surface area contributed by atoms with E-state index in [1.165, 1.54) is 0 Å². The molecule has 0 aliphatic rings. The van der Waals surface area contributed by atoms with E-state index in [0.29, 0.717) is 22.1 Å². The average molecular weight is 295 g/mol. The highest BCUT2D eigenvalue weighted by molar-refractivity contribution is 6.34. The number of benzene rings is 1. The van der Waals surface area contributed by atoms with Gasteiger partial charge in [0.1, 0.15) is 5.75 Å². The van der Waals surface area contributed by atoms with Crippen LogP contribution in [-0.2, 0) is 0 Å². The van der Waals surface area contributed by atoms with E-state index < -0.39 is 0 Å². The summed E-state index contributed by atoms with van der Waals surface area (Å²) in [4.78, 5) is 0. The topological polar surface area (TPSA) is 85.7 Å². The smallest absolute Gasteiger partial charge is 0.171 e. The molecule has 2 rings (SSSR count). The summed E-state index contributed by atoms with van der Waals surface area (Å²) in [5.41, 5.74) is 5.94. The van der Waals surface area contributed by atoms with Crippen LogP contribution in [0.15, 0.2) is 35.7 Å². The van der Waals surface area contributed by atoms with Gasteiger partial charge in [-0.05, 0) is 26.0 Å². The molecule has 20 heavy (non-hydrogen) atoms. The van der Waals surface area contributed by atoms with Crippen molar-refractivity contribution in [3.8, 4) is 11.5 Å². The average Bonchev–Trinajstić information content (AvgIpc) is 2.87. The maximum Gasteiger partial charge on any atom is 0.171 e. The largest absolute Gasteiger partial charge is 0.454 e. The molecule has 0 fully saturated rings. The van der Waals surface area contributed by atoms with Crippen molar-refractivity contribution in [2.75, 3.05) is 0 Å². The zero-order valence-electron chi connectivity index (χ0n) is 11.1. The molecule has 0 saturated carbocycles. The number of rotatable bonds is 4. The molecule has 0 atom stereocenters. The molecule has 0 amide bonds. The minimum Gasteiger partial charge on any atom is -0.454 e. The molecule has 6 nitrogen and oxygen atoms in total. The van der Waals surface area contributed by atoms with Crippen molar-refractivity contribution in [3.63, 3.8) is 0 Å². The van der Waals surface area contributed by atoms with Crippen molar-refractivity contribution in [2.24, 2.45) is 10.9 Å². The molecule has 1 aromatic carbocycles. The van der Waals surface area contributed by atoms with Crippen molar-refractivity contribution < 1.29 is 9.94 Å². The van der Waals surface area contributed by atoms with Gasteiger partial charge in [-0.25, -0.2) is 0 Å². The van der Waals surface area contributed by atoms with Crippen molar-refractivity contribution in [1.82, 2.24) is 9.78 Å². The predicted molar refractivity (Wildman–Crippen MR) is 76.6 cm³/mol. The molecule has 2 aromatic rings. The number of nitrogens with two attached hydrogens (primary N) is 1. The number of oxime groups is 1. The molecule has 0 aliphatic heterocycles. The van der Waals surface area contributed by atoms with Crippen molar-refractivity contribution in [2.45, 2.75) is 19.9 Å². The molecule has 0 radical (unpaired) electrons. The maximum atomic E-state index is 8.63. The fourth-order valence-corrected chi connectivity index (χ4v) is 1.88. The second-order valence-corrected chi connectivity index (χ2v) is 4.89. The Morgan fingerprint density at radius 2 is 2.20 bits per heavy atom. The molecule has 7 heteroatoms. The maximum absolute atomic E-state index is 8.63. The predicted octanol–water partition coefficient (Wildman–Crippen LogP) is 3.00. The summed E-state index contributed by atoms with van der Waals surface area (Å²) in [5, 5.41) is 16.1. The number of halogens is 1. The van der Waals surface area contributed by atoms with E-state index in [4.69, 9.17) is 27.3 Å². The first-order valence-electron chi connectivity index (χ1n) is 6.00. The first kappa shape index (κ1) is 14.2. The lowest BCUT2D eigenvalue weighted by Crippen LogP contribution is -2.13. The van der Waals surface area contributed by atoms with Gasteiger partial charge in [-0.1, -0.05) is 16.8 Å². The van der Waals surface area contributed by atoms with E-state index in [-0.39, 0.29) is 11.9 Å². The van der Waals surface area contributed by atoms with Crippen LogP contribution in [0.25, 0.3) is 0 Å². The number of hydrogen-bond donors (Lipinski definition) is 2. The van der Waals surface area contributed by atoms with Crippen LogP contribution in [0, 0.1) is 0 Å². The lowest BCUT2D eigenvalue weighted by atomic mass is 10.2. The molecule has 1 heterocycles. The van der Waals surface area contributed by atoms with Crippen LogP contribution in [0.2, 0.25) is 5.02 Å². The molecule has 0 unspecified atom stereocenters. The number of nitrogens with zero attached hydrogens (tertiary/aromatic N) is 3. The van der Waals surface area contributed by atoms with Gasteiger partial charge >= 0.3 is 0 Å². The summed E-state index contributed by atoms with van der Waals surface area (Å²) in [7, 11) is 0. The van der Waals surface area contributed by atoms with E-state index in [9.17, 15) is 0 Å². The first-order valence-corrected chi connectivity index (χ1v) is 6.38. The van der Waals surface area contributed by atoms with E-state index >= 15 is 0 Å². The van der Waals surface area contributed by atoms with Crippen LogP contribution in [-0.4, -0.2) is 20.8 Å². The molecule has 3 N–H and O–H groups in total. The van der Waals surface area contributed by atoms with E-state index in [1.54, 1.807) is 35.3 Å². The number of aromatic nitrogens is 2. The Labute approximate surface area is 121 Å². The SMILES string of the molecule is CC(C)n1cc(Oc2ccc(/C(N)=N/O)c(Cl)c2)cn1. The molecular weight excluding hydrogens is 280 g/mol. The first-order chi connectivity index (χ1) is 9.51. The molecule has 0 aliphatic carbocycles. The second-order valence-electron chi connectivity index (χ2n) is 4.48. The highest BCUT2D eigenvalue weighted by Crippen LogP contribution is 2.27. The molecular formula is C13H15ClN4O2. The third-order valence-corrected chi connectivity index (χ3v) is 2.98. The van der Waals surface area contributed by atoms with Gasteiger partial charge in [0.15, 0.2) is 11.6 Å². The normalized spacial score (nSPS) is 11.9. The van der Waals surface area contributed by atoms with Crippen LogP contribution >= 0.6 is 11.6 Å². The monoisotopic (exact) mass is 294 g/mol. The summed E-state index contributed by atoms with van der Waals surface area (Å²) < 4.78 is 7.44. The van der Waals surface area contributed by atoms with Crippen LogP contribution in [0.5, 0.6) is 11.5 Å². The number of hydrogen-bond acceptors (Lipinski definition) is 4. The minimum absolute atomic E-state index is 0.0471. The van der Waals surface area contributed by atoms with E-state index in [1.807, 2.05) is 13.8 Å². The lowest BCUT2D eigenvalue weighted by molar-refractivity contribution is 0.318. The fraction of sp³-hybridized carbons (Fsp3) is 0.231.